The molecule has 1 aromatic carbocycles. The van der Waals surface area contributed by atoms with Crippen LogP contribution in [0.5, 0.6) is 0 Å². The van der Waals surface area contributed by atoms with Gasteiger partial charge in [0.25, 0.3) is 0 Å². The Morgan fingerprint density at radius 3 is 2.48 bits per heavy atom. The minimum Gasteiger partial charge on any atom is -0.459 e. The fourth-order valence-electron chi connectivity index (χ4n) is 4.20. The minimum atomic E-state index is -0.499. The maximum atomic E-state index is 12.8. The van der Waals surface area contributed by atoms with E-state index < -0.39 is 12.1 Å². The van der Waals surface area contributed by atoms with Crippen molar-refractivity contribution in [2.75, 3.05) is 6.54 Å². The van der Waals surface area contributed by atoms with E-state index in [2.05, 4.69) is 0 Å². The van der Waals surface area contributed by atoms with Gasteiger partial charge in [-0.1, -0.05) is 62.4 Å². The monoisotopic (exact) mass is 394 g/mol. The second-order valence-corrected chi connectivity index (χ2v) is 7.63. The van der Waals surface area contributed by atoms with Crippen molar-refractivity contribution in [3.8, 4) is 0 Å². The van der Waals surface area contributed by atoms with E-state index in [1.165, 1.54) is 32.1 Å². The maximum absolute atomic E-state index is 12.8. The van der Waals surface area contributed by atoms with Gasteiger partial charge in [-0.3, -0.25) is 4.79 Å². The molecule has 1 saturated heterocycles. The Labute approximate surface area is 168 Å². The second kappa shape index (κ2) is 10.7. The number of nitrogens with zero attached hydrogens (tertiary/aromatic N) is 1. The molecule has 3 rings (SSSR count). The van der Waals surface area contributed by atoms with Crippen LogP contribution in [-0.2, 0) is 20.9 Å². The molecule has 0 spiro atoms. The summed E-state index contributed by atoms with van der Waals surface area (Å²) >= 11 is 0. The van der Waals surface area contributed by atoms with Crippen molar-refractivity contribution in [2.24, 2.45) is 11.7 Å². The van der Waals surface area contributed by atoms with E-state index in [-0.39, 0.29) is 30.9 Å². The average molecular weight is 395 g/mol. The zero-order valence-electron chi connectivity index (χ0n) is 15.8. The largest absolute Gasteiger partial charge is 0.459 e. The highest BCUT2D eigenvalue weighted by molar-refractivity contribution is 5.88. The number of carbonyl (C=O) groups is 2. The van der Waals surface area contributed by atoms with E-state index in [0.717, 1.165) is 18.4 Å². The predicted molar refractivity (Wildman–Crippen MR) is 107 cm³/mol. The summed E-state index contributed by atoms with van der Waals surface area (Å²) < 4.78 is 5.45. The molecule has 6 heteroatoms. The number of nitrogens with two attached hydrogens (primary N) is 1. The van der Waals surface area contributed by atoms with Gasteiger partial charge in [-0.2, -0.15) is 0 Å². The molecular formula is C21H31ClN2O3. The summed E-state index contributed by atoms with van der Waals surface area (Å²) in [6.07, 6.45) is 8.34. The third kappa shape index (κ3) is 5.94. The molecule has 1 aromatic rings. The van der Waals surface area contributed by atoms with Crippen LogP contribution in [0.25, 0.3) is 0 Å². The van der Waals surface area contributed by atoms with Crippen LogP contribution in [-0.4, -0.2) is 35.4 Å². The van der Waals surface area contributed by atoms with Crippen molar-refractivity contribution in [2.45, 2.75) is 70.1 Å². The van der Waals surface area contributed by atoms with Crippen LogP contribution in [0.2, 0.25) is 0 Å². The number of halogens is 1. The van der Waals surface area contributed by atoms with Crippen LogP contribution in [0.1, 0.15) is 56.9 Å². The number of esters is 1. The fourth-order valence-corrected chi connectivity index (χ4v) is 4.20. The van der Waals surface area contributed by atoms with Gasteiger partial charge in [-0.25, -0.2) is 4.79 Å². The lowest BCUT2D eigenvalue weighted by molar-refractivity contribution is -0.155. The van der Waals surface area contributed by atoms with E-state index in [9.17, 15) is 9.59 Å². The summed E-state index contributed by atoms with van der Waals surface area (Å²) in [4.78, 5) is 26.9. The van der Waals surface area contributed by atoms with Crippen LogP contribution in [0.4, 0.5) is 0 Å². The van der Waals surface area contributed by atoms with Crippen molar-refractivity contribution in [3.05, 3.63) is 35.9 Å². The number of amides is 1. The van der Waals surface area contributed by atoms with Gasteiger partial charge < -0.3 is 15.4 Å². The SMILES string of the molecule is Cl.N[C@@H](CC1CCCCC1)C(=O)N1CCC[C@@H]1C(=O)OCc1ccccc1. The Hall–Kier alpha value is -1.59. The standard InChI is InChI=1S/C21H30N2O3.ClH/c22-18(14-16-8-3-1-4-9-16)20(24)23-13-7-12-19(23)21(25)26-15-17-10-5-2-6-11-17;/h2,5-6,10-11,16,18-19H,1,3-4,7-9,12-15,22H2;1H/t18-,19+;/m0./s1. The molecule has 2 atom stereocenters. The van der Waals surface area contributed by atoms with Gasteiger partial charge in [0, 0.05) is 6.54 Å². The summed E-state index contributed by atoms with van der Waals surface area (Å²) in [6.45, 7) is 0.842. The van der Waals surface area contributed by atoms with Gasteiger partial charge >= 0.3 is 5.97 Å². The lowest BCUT2D eigenvalue weighted by Gasteiger charge is -2.29. The first kappa shape index (κ1) is 21.7. The highest BCUT2D eigenvalue weighted by Crippen LogP contribution is 2.28. The number of hydrogen-bond acceptors (Lipinski definition) is 4. The molecule has 1 aliphatic carbocycles. The van der Waals surface area contributed by atoms with Gasteiger partial charge in [0.2, 0.25) is 5.91 Å². The lowest BCUT2D eigenvalue weighted by Crippen LogP contribution is -2.49. The number of carbonyl (C=O) groups excluding carboxylic acids is 2. The van der Waals surface area contributed by atoms with Crippen molar-refractivity contribution in [1.29, 1.82) is 0 Å². The molecule has 150 valence electrons. The summed E-state index contributed by atoms with van der Waals surface area (Å²) in [6, 6.07) is 8.62. The van der Waals surface area contributed by atoms with Gasteiger partial charge in [0.15, 0.2) is 0 Å². The molecule has 0 bridgehead atoms. The summed E-state index contributed by atoms with van der Waals surface area (Å²) in [7, 11) is 0. The second-order valence-electron chi connectivity index (χ2n) is 7.63. The van der Waals surface area contributed by atoms with E-state index >= 15 is 0 Å². The van der Waals surface area contributed by atoms with Gasteiger partial charge in [0.1, 0.15) is 12.6 Å². The number of likely N-dealkylation sites (tertiary alicyclic amines) is 1. The molecule has 27 heavy (non-hydrogen) atoms. The number of benzene rings is 1. The average Bonchev–Trinajstić information content (AvgIpc) is 3.17. The van der Waals surface area contributed by atoms with Gasteiger partial charge in [-0.05, 0) is 30.7 Å². The zero-order valence-corrected chi connectivity index (χ0v) is 16.7. The molecule has 5 nitrogen and oxygen atoms in total. The number of ether oxygens (including phenoxy) is 1. The van der Waals surface area contributed by atoms with E-state index in [4.69, 9.17) is 10.5 Å². The number of rotatable bonds is 6. The van der Waals surface area contributed by atoms with Crippen LogP contribution in [0.15, 0.2) is 30.3 Å². The first-order valence-corrected chi connectivity index (χ1v) is 9.92. The highest BCUT2D eigenvalue weighted by atomic mass is 35.5. The van der Waals surface area contributed by atoms with Crippen LogP contribution >= 0.6 is 12.4 Å². The van der Waals surface area contributed by atoms with Gasteiger partial charge in [0.05, 0.1) is 6.04 Å². The molecule has 2 fully saturated rings. The van der Waals surface area contributed by atoms with Crippen LogP contribution < -0.4 is 5.73 Å². The highest BCUT2D eigenvalue weighted by Gasteiger charge is 2.37. The molecule has 1 heterocycles. The Morgan fingerprint density at radius 2 is 1.78 bits per heavy atom. The topological polar surface area (TPSA) is 72.6 Å². The summed E-state index contributed by atoms with van der Waals surface area (Å²) in [5.74, 6) is 0.146. The first-order chi connectivity index (χ1) is 12.6. The van der Waals surface area contributed by atoms with Crippen molar-refractivity contribution in [3.63, 3.8) is 0 Å². The molecule has 1 aliphatic heterocycles. The zero-order chi connectivity index (χ0) is 18.4. The maximum Gasteiger partial charge on any atom is 0.329 e. The first-order valence-electron chi connectivity index (χ1n) is 9.92. The lowest BCUT2D eigenvalue weighted by atomic mass is 9.84. The Morgan fingerprint density at radius 1 is 1.07 bits per heavy atom. The molecule has 1 saturated carbocycles. The molecule has 2 aliphatic rings. The number of hydrogen-bond donors (Lipinski definition) is 1. The van der Waals surface area contributed by atoms with Crippen LogP contribution in [0.3, 0.4) is 0 Å². The molecular weight excluding hydrogens is 364 g/mol. The quantitative estimate of drug-likeness (QED) is 0.750. The summed E-state index contributed by atoms with van der Waals surface area (Å²) in [5.41, 5.74) is 7.16. The van der Waals surface area contributed by atoms with E-state index in [1.807, 2.05) is 30.3 Å². The normalized spacial score (nSPS) is 21.4. The van der Waals surface area contributed by atoms with Crippen molar-refractivity contribution in [1.82, 2.24) is 4.90 Å². The van der Waals surface area contributed by atoms with Crippen molar-refractivity contribution >= 4 is 24.3 Å². The van der Waals surface area contributed by atoms with E-state index in [0.29, 0.717) is 18.9 Å². The predicted octanol–water partition coefficient (Wildman–Crippen LogP) is 3.44. The van der Waals surface area contributed by atoms with E-state index in [1.54, 1.807) is 4.90 Å². The summed E-state index contributed by atoms with van der Waals surface area (Å²) in [5, 5.41) is 0. The molecule has 2 N–H and O–H groups in total. The fraction of sp³-hybridized carbons (Fsp3) is 0.619. The Bertz CT molecular complexity index is 605. The minimum absolute atomic E-state index is 0. The molecule has 0 radical (unpaired) electrons. The third-order valence-corrected chi connectivity index (χ3v) is 5.66. The Kier molecular flexibility index (Phi) is 8.58. The third-order valence-electron chi connectivity index (χ3n) is 5.66. The molecule has 1 amide bonds. The van der Waals surface area contributed by atoms with Crippen LogP contribution in [0, 0.1) is 5.92 Å². The van der Waals surface area contributed by atoms with Crippen molar-refractivity contribution < 1.29 is 14.3 Å². The molecule has 0 unspecified atom stereocenters. The van der Waals surface area contributed by atoms with Gasteiger partial charge in [-0.15, -0.1) is 12.4 Å². The smallest absolute Gasteiger partial charge is 0.329 e. The molecule has 0 aromatic heterocycles. The Balaban J connectivity index is 0.00000261.